The topological polar surface area (TPSA) is 309 Å². The summed E-state index contributed by atoms with van der Waals surface area (Å²) < 4.78 is 57.8. The van der Waals surface area contributed by atoms with Crippen molar-refractivity contribution in [3.63, 3.8) is 0 Å². The third kappa shape index (κ3) is 12.7. The number of unbranched alkanes of at least 4 members (excludes halogenated alkanes) is 2. The molecule has 6 N–H and O–H groups in total. The van der Waals surface area contributed by atoms with E-state index in [1.54, 1.807) is 0 Å². The lowest BCUT2D eigenvalue weighted by molar-refractivity contribution is -0.136. The number of hydrogen-bond donors (Lipinski definition) is 5. The second-order valence-electron chi connectivity index (χ2n) is 17.4. The van der Waals surface area contributed by atoms with Crippen molar-refractivity contribution in [3.05, 3.63) is 101 Å². The van der Waals surface area contributed by atoms with E-state index in [2.05, 4.69) is 36.3 Å². The number of rotatable bonds is 18. The molecule has 0 radical (unpaired) electrons. The smallest absolute Gasteiger partial charge is 0.416 e. The van der Waals surface area contributed by atoms with E-state index < -0.39 is 84.2 Å². The van der Waals surface area contributed by atoms with Gasteiger partial charge in [0.15, 0.2) is 18.0 Å². The van der Waals surface area contributed by atoms with Crippen LogP contribution in [0.4, 0.5) is 29.5 Å². The summed E-state index contributed by atoms with van der Waals surface area (Å²) in [4.78, 5) is 123. The maximum Gasteiger partial charge on any atom is 0.416 e. The Kier molecular flexibility index (Phi) is 15.3. The molecule has 2 aliphatic heterocycles. The van der Waals surface area contributed by atoms with Crippen LogP contribution in [0.5, 0.6) is 5.75 Å². The maximum atomic E-state index is 13.5. The molecule has 9 amide bonds. The Labute approximate surface area is 411 Å². The first-order chi connectivity index (χ1) is 34.6. The Morgan fingerprint density at radius 3 is 2.34 bits per heavy atom. The van der Waals surface area contributed by atoms with E-state index >= 15 is 0 Å². The highest BCUT2D eigenvalue weighted by Gasteiger charge is 2.46. The van der Waals surface area contributed by atoms with Gasteiger partial charge in [0, 0.05) is 36.8 Å². The highest BCUT2D eigenvalue weighted by Crippen LogP contribution is 2.34. The number of pyridine rings is 1. The number of piperidine rings is 1. The Morgan fingerprint density at radius 2 is 1.66 bits per heavy atom. The minimum absolute atomic E-state index is 0.00360. The average molecular weight is 1010 g/mol. The van der Waals surface area contributed by atoms with Crippen LogP contribution in [0.15, 0.2) is 77.7 Å². The molecular formula is C47H46F3N11O12. The third-order valence-corrected chi connectivity index (χ3v) is 10.8. The monoisotopic (exact) mass is 1010 g/mol. The highest BCUT2D eigenvalue weighted by atomic mass is 19.4. The van der Waals surface area contributed by atoms with E-state index in [1.165, 1.54) is 80.2 Å². The molecule has 0 saturated carbocycles. The number of carbonyl (C=O) groups excluding carboxylic acids is 9. The summed E-state index contributed by atoms with van der Waals surface area (Å²) in [5, 5.41) is 14.3. The Bertz CT molecular complexity index is 3000. The van der Waals surface area contributed by atoms with Gasteiger partial charge in [-0.3, -0.25) is 53.5 Å². The minimum Gasteiger partial charge on any atom is -0.483 e. The van der Waals surface area contributed by atoms with Crippen molar-refractivity contribution in [1.82, 2.24) is 40.6 Å². The highest BCUT2D eigenvalue weighted by molar-refractivity contribution is 6.24. The van der Waals surface area contributed by atoms with Crippen LogP contribution in [0.1, 0.15) is 105 Å². The van der Waals surface area contributed by atoms with Crippen molar-refractivity contribution < 1.29 is 70.2 Å². The fraction of sp³-hybridized carbons (Fsp3) is 0.319. The van der Waals surface area contributed by atoms with E-state index in [-0.39, 0.29) is 70.7 Å². The minimum atomic E-state index is -4.81. The number of hydrogen-bond acceptors (Lipinski definition) is 15. The molecule has 0 bridgehead atoms. The van der Waals surface area contributed by atoms with E-state index in [0.29, 0.717) is 42.0 Å². The first-order valence-electron chi connectivity index (χ1n) is 22.4. The van der Waals surface area contributed by atoms with Crippen molar-refractivity contribution in [2.75, 3.05) is 36.5 Å². The molecular weight excluding hydrogens is 968 g/mol. The molecule has 382 valence electrons. The number of carbonyl (C=O) groups is 9. The number of fused-ring (bicyclic) bond motifs is 1. The number of anilines is 2. The third-order valence-electron chi connectivity index (χ3n) is 10.8. The second kappa shape index (κ2) is 21.6. The van der Waals surface area contributed by atoms with Gasteiger partial charge in [-0.05, 0) is 95.0 Å². The van der Waals surface area contributed by atoms with Crippen LogP contribution in [0.25, 0.3) is 17.1 Å². The van der Waals surface area contributed by atoms with Crippen LogP contribution in [0.3, 0.4) is 0 Å². The van der Waals surface area contributed by atoms with E-state index in [0.717, 1.165) is 23.4 Å². The van der Waals surface area contributed by atoms with Gasteiger partial charge in [0.25, 0.3) is 35.4 Å². The fourth-order valence-electron chi connectivity index (χ4n) is 7.43. The molecule has 2 aromatic carbocycles. The SMILES string of the molecule is CC(C)(C)OC(=O)N(CC(F)(F)F)c1cc(-c2nc(C(=O)Nc3cn(-c4ccc(C(=O)NCCCCCNC(=O)COc5cccc6c5C(=O)N(C5CCC(=O)NC5=O)C6=O)cc4)nc3C(N)=O)co2)ccn1. The van der Waals surface area contributed by atoms with E-state index in [4.69, 9.17) is 19.6 Å². The predicted molar refractivity (Wildman–Crippen MR) is 247 cm³/mol. The predicted octanol–water partition coefficient (Wildman–Crippen LogP) is 4.07. The molecule has 2 aliphatic rings. The van der Waals surface area contributed by atoms with Crippen molar-refractivity contribution in [3.8, 4) is 22.9 Å². The standard InChI is InChI=1S/C47H46F3N11O12/c1-46(2,3)73-45(70)59(24-47(48,49)50)33-20-26(16-19-52-33)42-56-30(22-72-42)40(66)55-29-21-60(58-37(29)38(51)64)27-12-10-25(11-13-27)39(65)54-18-6-4-5-17-53-35(63)23-71-32-9-7-8-28-36(32)44(69)61(43(28)68)31-14-15-34(62)57-41(31)67/h7-13,16,19-22,31H,4-6,14-15,17-18,23-24H2,1-3H3,(H2,51,64)(H,53,63)(H,54,65)(H,55,66)(H,57,62,67). The summed E-state index contributed by atoms with van der Waals surface area (Å²) >= 11 is 0. The maximum absolute atomic E-state index is 13.5. The number of nitrogens with zero attached hydrogens (tertiary/aromatic N) is 6. The molecule has 0 aliphatic carbocycles. The number of halogens is 3. The number of oxazole rings is 1. The van der Waals surface area contributed by atoms with E-state index in [9.17, 15) is 56.3 Å². The molecule has 5 aromatic rings. The lowest BCUT2D eigenvalue weighted by Gasteiger charge is -2.27. The van der Waals surface area contributed by atoms with Crippen LogP contribution < -0.4 is 36.6 Å². The van der Waals surface area contributed by atoms with Crippen LogP contribution >= 0.6 is 0 Å². The van der Waals surface area contributed by atoms with Crippen molar-refractivity contribution in [2.45, 2.75) is 70.7 Å². The molecule has 1 atom stereocenters. The Balaban J connectivity index is 0.857. The van der Waals surface area contributed by atoms with Gasteiger partial charge in [0.05, 0.1) is 28.7 Å². The van der Waals surface area contributed by atoms with Crippen LogP contribution in [0, 0.1) is 0 Å². The normalized spacial score (nSPS) is 14.5. The number of aromatic nitrogens is 4. The zero-order chi connectivity index (χ0) is 52.8. The van der Waals surface area contributed by atoms with Gasteiger partial charge in [0.2, 0.25) is 17.7 Å². The lowest BCUT2D eigenvalue weighted by atomic mass is 10.0. The summed E-state index contributed by atoms with van der Waals surface area (Å²) in [6.07, 6.45) is -1.01. The number of alkyl halides is 3. The van der Waals surface area contributed by atoms with Crippen molar-refractivity contribution in [1.29, 1.82) is 0 Å². The number of nitrogens with two attached hydrogens (primary N) is 1. The summed E-state index contributed by atoms with van der Waals surface area (Å²) in [5.41, 5.74) is 4.37. The van der Waals surface area contributed by atoms with Gasteiger partial charge in [0.1, 0.15) is 36.0 Å². The number of imide groups is 2. The first kappa shape index (κ1) is 51.9. The average Bonchev–Trinajstić information content (AvgIpc) is 4.06. The number of amides is 9. The largest absolute Gasteiger partial charge is 0.483 e. The number of ether oxygens (including phenoxy) is 2. The fourth-order valence-corrected chi connectivity index (χ4v) is 7.43. The molecule has 1 unspecified atom stereocenters. The van der Waals surface area contributed by atoms with Gasteiger partial charge in [-0.2, -0.15) is 18.3 Å². The summed E-state index contributed by atoms with van der Waals surface area (Å²) in [6.45, 7) is 2.90. The van der Waals surface area contributed by atoms with Crippen LogP contribution in [0.2, 0.25) is 0 Å². The summed E-state index contributed by atoms with van der Waals surface area (Å²) in [7, 11) is 0. The molecule has 7 rings (SSSR count). The molecule has 26 heteroatoms. The van der Waals surface area contributed by atoms with Crippen molar-refractivity contribution >= 4 is 64.9 Å². The van der Waals surface area contributed by atoms with Crippen molar-refractivity contribution in [2.24, 2.45) is 5.73 Å². The van der Waals surface area contributed by atoms with Crippen LogP contribution in [-0.4, -0.2) is 122 Å². The molecule has 73 heavy (non-hydrogen) atoms. The van der Waals surface area contributed by atoms with Gasteiger partial charge >= 0.3 is 12.3 Å². The zero-order valence-corrected chi connectivity index (χ0v) is 39.2. The number of primary amides is 1. The van der Waals surface area contributed by atoms with E-state index in [1.807, 2.05) is 0 Å². The molecule has 23 nitrogen and oxygen atoms in total. The van der Waals surface area contributed by atoms with Gasteiger partial charge in [-0.25, -0.2) is 19.4 Å². The molecule has 5 heterocycles. The molecule has 1 fully saturated rings. The molecule has 0 spiro atoms. The zero-order valence-electron chi connectivity index (χ0n) is 39.2. The molecule has 1 saturated heterocycles. The first-order valence-corrected chi connectivity index (χ1v) is 22.4. The Morgan fingerprint density at radius 1 is 0.932 bits per heavy atom. The summed E-state index contributed by atoms with van der Waals surface area (Å²) in [5.74, 6) is -6.10. The van der Waals surface area contributed by atoms with Gasteiger partial charge in [-0.1, -0.05) is 6.07 Å². The van der Waals surface area contributed by atoms with Gasteiger partial charge < -0.3 is 35.6 Å². The molecule has 3 aromatic heterocycles. The lowest BCUT2D eigenvalue weighted by Crippen LogP contribution is -2.54. The second-order valence-corrected chi connectivity index (χ2v) is 17.4. The summed E-state index contributed by atoms with van der Waals surface area (Å²) in [6, 6.07) is 11.7. The number of nitrogens with one attached hydrogen (secondary N) is 4. The quantitative estimate of drug-likeness (QED) is 0.0610. The van der Waals surface area contributed by atoms with Crippen LogP contribution in [-0.2, 0) is 19.1 Å². The van der Waals surface area contributed by atoms with Gasteiger partial charge in [-0.15, -0.1) is 0 Å². The number of benzene rings is 2. The Hall–Kier alpha value is -8.97.